The molecule has 0 amide bonds. The average molecular weight is 585 g/mol. The standard InChI is InChI=1S/C27H43F3O8S/c1-14(4-7-23(34)38-13-21(28)27(29,30)39(35,36)37)17-5-6-18-24-19(12-22(33)26(17,18)3)25(2)9-8-16(31)10-15(25)11-20(24)32/h14-22,24,31-33H,4-13H2,1-3H3,(H,35,36,37)/t14-,15+,16-,17-,18+,19+,20-,21?,22+,24+,25+,26-/m1/s1. The Balaban J connectivity index is 1.39. The van der Waals surface area contributed by atoms with Gasteiger partial charge in [-0.1, -0.05) is 20.8 Å². The number of aliphatic hydroxyl groups excluding tert-OH is 3. The molecule has 8 nitrogen and oxygen atoms in total. The number of halogens is 3. The van der Waals surface area contributed by atoms with Gasteiger partial charge in [0.05, 0.1) is 18.3 Å². The molecule has 0 saturated heterocycles. The summed E-state index contributed by atoms with van der Waals surface area (Å²) in [5.41, 5.74) is -0.524. The molecule has 4 rings (SSSR count). The number of carbonyl (C=O) groups excluding carboxylic acids is 1. The lowest BCUT2D eigenvalue weighted by molar-refractivity contribution is -0.207. The second-order valence-electron chi connectivity index (χ2n) is 13.2. The second kappa shape index (κ2) is 10.7. The lowest BCUT2D eigenvalue weighted by atomic mass is 9.43. The molecule has 4 N–H and O–H groups in total. The first-order valence-electron chi connectivity index (χ1n) is 14.1. The lowest BCUT2D eigenvalue weighted by Gasteiger charge is -2.63. The quantitative estimate of drug-likeness (QED) is 0.250. The second-order valence-corrected chi connectivity index (χ2v) is 14.7. The normalized spacial score (nSPS) is 44.1. The van der Waals surface area contributed by atoms with E-state index in [4.69, 9.17) is 4.55 Å². The van der Waals surface area contributed by atoms with E-state index in [1.165, 1.54) is 0 Å². The minimum absolute atomic E-state index is 0.0370. The maximum Gasteiger partial charge on any atom is 0.403 e. The zero-order chi connectivity index (χ0) is 29.1. The van der Waals surface area contributed by atoms with Crippen LogP contribution in [0.5, 0.6) is 0 Å². The molecule has 12 atom stereocenters. The molecule has 39 heavy (non-hydrogen) atoms. The van der Waals surface area contributed by atoms with Gasteiger partial charge in [0.1, 0.15) is 6.61 Å². The molecule has 0 aromatic rings. The van der Waals surface area contributed by atoms with Gasteiger partial charge in [0, 0.05) is 6.42 Å². The van der Waals surface area contributed by atoms with Crippen molar-refractivity contribution in [2.24, 2.45) is 46.3 Å². The zero-order valence-corrected chi connectivity index (χ0v) is 23.6. The molecule has 12 heteroatoms. The summed E-state index contributed by atoms with van der Waals surface area (Å²) in [6, 6.07) is 0. The van der Waals surface area contributed by atoms with Gasteiger partial charge in [0.15, 0.2) is 0 Å². The number of carbonyl (C=O) groups is 1. The Hall–Kier alpha value is -0.950. The predicted octanol–water partition coefficient (Wildman–Crippen LogP) is 3.73. The predicted molar refractivity (Wildman–Crippen MR) is 135 cm³/mol. The fraction of sp³-hybridized carbons (Fsp3) is 0.963. The summed E-state index contributed by atoms with van der Waals surface area (Å²) in [5.74, 6) is -0.463. The minimum Gasteiger partial charge on any atom is -0.462 e. The fourth-order valence-corrected chi connectivity index (χ4v) is 9.57. The lowest BCUT2D eigenvalue weighted by Crippen LogP contribution is -2.62. The molecule has 4 saturated carbocycles. The largest absolute Gasteiger partial charge is 0.462 e. The van der Waals surface area contributed by atoms with Gasteiger partial charge in [-0.2, -0.15) is 17.2 Å². The van der Waals surface area contributed by atoms with Crippen molar-refractivity contribution in [1.29, 1.82) is 0 Å². The highest BCUT2D eigenvalue weighted by atomic mass is 32.2. The van der Waals surface area contributed by atoms with Gasteiger partial charge in [-0.25, -0.2) is 4.39 Å². The van der Waals surface area contributed by atoms with Crippen molar-refractivity contribution >= 4 is 16.1 Å². The first-order valence-corrected chi connectivity index (χ1v) is 15.6. The number of aliphatic hydroxyl groups is 3. The van der Waals surface area contributed by atoms with Crippen LogP contribution >= 0.6 is 0 Å². The molecule has 0 aliphatic heterocycles. The smallest absolute Gasteiger partial charge is 0.403 e. The van der Waals surface area contributed by atoms with E-state index in [2.05, 4.69) is 18.6 Å². The van der Waals surface area contributed by atoms with E-state index < -0.39 is 51.7 Å². The number of hydrogen-bond acceptors (Lipinski definition) is 7. The molecule has 0 aromatic heterocycles. The Kier molecular flexibility index (Phi) is 8.51. The van der Waals surface area contributed by atoms with Crippen LogP contribution < -0.4 is 0 Å². The van der Waals surface area contributed by atoms with Crippen LogP contribution in [-0.2, 0) is 19.6 Å². The number of esters is 1. The van der Waals surface area contributed by atoms with Gasteiger partial charge < -0.3 is 20.1 Å². The van der Waals surface area contributed by atoms with E-state index in [1.54, 1.807) is 0 Å². The van der Waals surface area contributed by atoms with Gasteiger partial charge in [-0.05, 0) is 97.7 Å². The van der Waals surface area contributed by atoms with Crippen LogP contribution in [0.4, 0.5) is 13.2 Å². The van der Waals surface area contributed by atoms with E-state index in [-0.39, 0.29) is 53.4 Å². The highest BCUT2D eigenvalue weighted by Gasteiger charge is 2.65. The topological polar surface area (TPSA) is 141 Å². The van der Waals surface area contributed by atoms with E-state index in [0.29, 0.717) is 25.7 Å². The Morgan fingerprint density at radius 1 is 1.08 bits per heavy atom. The summed E-state index contributed by atoms with van der Waals surface area (Å²) in [5, 5.41) is 28.1. The van der Waals surface area contributed by atoms with Crippen molar-refractivity contribution < 1.29 is 51.0 Å². The van der Waals surface area contributed by atoms with Crippen LogP contribution in [0.1, 0.15) is 78.6 Å². The molecular formula is C27H43F3O8S. The van der Waals surface area contributed by atoms with Gasteiger partial charge in [-0.15, -0.1) is 0 Å². The molecular weight excluding hydrogens is 541 g/mol. The average Bonchev–Trinajstić information content (AvgIpc) is 3.20. The molecule has 4 fully saturated rings. The van der Waals surface area contributed by atoms with Crippen LogP contribution in [0.25, 0.3) is 0 Å². The molecule has 226 valence electrons. The van der Waals surface area contributed by atoms with Crippen molar-refractivity contribution in [2.45, 2.75) is 108 Å². The van der Waals surface area contributed by atoms with Crippen molar-refractivity contribution in [1.82, 2.24) is 0 Å². The zero-order valence-electron chi connectivity index (χ0n) is 22.8. The van der Waals surface area contributed by atoms with Crippen LogP contribution in [0.15, 0.2) is 0 Å². The van der Waals surface area contributed by atoms with Crippen LogP contribution in [0.2, 0.25) is 0 Å². The first kappa shape index (κ1) is 31.0. The van der Waals surface area contributed by atoms with Crippen molar-refractivity contribution in [3.8, 4) is 0 Å². The molecule has 0 bridgehead atoms. The summed E-state index contributed by atoms with van der Waals surface area (Å²) in [7, 11) is -5.99. The van der Waals surface area contributed by atoms with Crippen molar-refractivity contribution in [3.05, 3.63) is 0 Å². The van der Waals surface area contributed by atoms with E-state index in [0.717, 1.165) is 25.7 Å². The highest BCUT2D eigenvalue weighted by Crippen LogP contribution is 2.68. The Labute approximate surface area is 228 Å². The SMILES string of the molecule is C[C@H](CCC(=O)OCC(F)C(F)(F)S(=O)(=O)O)[C@H]1CC[C@H]2[C@@H]3[C@H](O)C[C@@H]4C[C@H](O)CC[C@]4(C)[C@H]3C[C@H](O)[C@]12C. The number of alkyl halides is 3. The van der Waals surface area contributed by atoms with Gasteiger partial charge >= 0.3 is 21.3 Å². The highest BCUT2D eigenvalue weighted by molar-refractivity contribution is 7.86. The monoisotopic (exact) mass is 584 g/mol. The minimum atomic E-state index is -5.99. The molecule has 0 aromatic carbocycles. The first-order chi connectivity index (χ1) is 17.9. The summed E-state index contributed by atoms with van der Waals surface area (Å²) in [6.07, 6.45) is 0.405. The van der Waals surface area contributed by atoms with Crippen LogP contribution in [0, 0.1) is 46.3 Å². The maximum absolute atomic E-state index is 13.7. The third-order valence-electron chi connectivity index (χ3n) is 11.4. The molecule has 1 unspecified atom stereocenters. The van der Waals surface area contributed by atoms with E-state index in [1.807, 2.05) is 6.92 Å². The Morgan fingerprint density at radius 3 is 2.38 bits per heavy atom. The number of hydrogen-bond donors (Lipinski definition) is 4. The molecule has 4 aliphatic carbocycles. The Morgan fingerprint density at radius 2 is 1.74 bits per heavy atom. The summed E-state index contributed by atoms with van der Waals surface area (Å²) >= 11 is 0. The number of rotatable bonds is 8. The summed E-state index contributed by atoms with van der Waals surface area (Å²) in [4.78, 5) is 12.1. The summed E-state index contributed by atoms with van der Waals surface area (Å²) < 4.78 is 74.7. The van der Waals surface area contributed by atoms with Crippen molar-refractivity contribution in [2.75, 3.05) is 6.61 Å². The maximum atomic E-state index is 13.7. The molecule has 0 radical (unpaired) electrons. The van der Waals surface area contributed by atoms with E-state index >= 15 is 0 Å². The third-order valence-corrected chi connectivity index (χ3v) is 12.4. The molecule has 0 spiro atoms. The number of ether oxygens (including phenoxy) is 1. The Bertz CT molecular complexity index is 1030. The van der Waals surface area contributed by atoms with Crippen LogP contribution in [-0.4, -0.2) is 70.6 Å². The molecule has 0 heterocycles. The molecule has 4 aliphatic rings. The van der Waals surface area contributed by atoms with Gasteiger partial charge in [0.2, 0.25) is 6.17 Å². The number of fused-ring (bicyclic) bond motifs is 5. The van der Waals surface area contributed by atoms with Crippen molar-refractivity contribution in [3.63, 3.8) is 0 Å². The van der Waals surface area contributed by atoms with E-state index in [9.17, 15) is 41.7 Å². The fourth-order valence-electron chi connectivity index (χ4n) is 9.18. The van der Waals surface area contributed by atoms with Gasteiger partial charge in [0.25, 0.3) is 0 Å². The van der Waals surface area contributed by atoms with Crippen LogP contribution in [0.3, 0.4) is 0 Å². The third kappa shape index (κ3) is 5.26. The van der Waals surface area contributed by atoms with Gasteiger partial charge in [-0.3, -0.25) is 9.35 Å². The summed E-state index contributed by atoms with van der Waals surface area (Å²) in [6.45, 7) is 4.78.